The van der Waals surface area contributed by atoms with Gasteiger partial charge in [0.25, 0.3) is 0 Å². The number of hydrogen-bond donors (Lipinski definition) is 0. The van der Waals surface area contributed by atoms with E-state index in [0.29, 0.717) is 0 Å². The van der Waals surface area contributed by atoms with Gasteiger partial charge >= 0.3 is 0 Å². The summed E-state index contributed by atoms with van der Waals surface area (Å²) in [5.74, 6) is 0. The highest BCUT2D eigenvalue weighted by atomic mass is 32.1. The highest BCUT2D eigenvalue weighted by Crippen LogP contribution is 2.26. The Bertz CT molecular complexity index is 369. The Morgan fingerprint density at radius 3 is 2.27 bits per heavy atom. The predicted octanol–water partition coefficient (Wildman–Crippen LogP) is 4.22. The third-order valence-corrected chi connectivity index (χ3v) is 2.70. The fourth-order valence-corrected chi connectivity index (χ4v) is 2.13. The van der Waals surface area contributed by atoms with Crippen LogP contribution in [0.4, 0.5) is 0 Å². The average molecular weight is 220 g/mol. The van der Waals surface area contributed by atoms with Crippen LogP contribution in [-0.2, 0) is 11.8 Å². The number of hydrogen-bond acceptors (Lipinski definition) is 1. The van der Waals surface area contributed by atoms with Gasteiger partial charge in [-0.25, -0.2) is 0 Å². The van der Waals surface area contributed by atoms with Crippen LogP contribution in [0.1, 0.15) is 44.4 Å². The average Bonchev–Trinajstić information content (AvgIpc) is 1.99. The molecule has 0 atom stereocenters. The van der Waals surface area contributed by atoms with E-state index in [1.807, 2.05) is 6.92 Å². The van der Waals surface area contributed by atoms with Gasteiger partial charge in [0.05, 0.1) is 0 Å². The minimum absolute atomic E-state index is 0.231. The lowest BCUT2D eigenvalue weighted by atomic mass is 9.83. The topological polar surface area (TPSA) is 0 Å². The van der Waals surface area contributed by atoms with Crippen LogP contribution in [0.5, 0.6) is 0 Å². The monoisotopic (exact) mass is 220 g/mol. The van der Waals surface area contributed by atoms with Crippen molar-refractivity contribution in [3.8, 4) is 0 Å². The molecule has 1 aromatic rings. The van der Waals surface area contributed by atoms with Gasteiger partial charge in [0.15, 0.2) is 0 Å². The first-order valence-corrected chi connectivity index (χ1v) is 5.81. The summed E-state index contributed by atoms with van der Waals surface area (Å²) < 4.78 is 0. The van der Waals surface area contributed by atoms with Gasteiger partial charge in [0.2, 0.25) is 0 Å². The van der Waals surface area contributed by atoms with Gasteiger partial charge < -0.3 is 0 Å². The Hall–Kier alpha value is -0.690. The third kappa shape index (κ3) is 3.42. The molecule has 0 aliphatic heterocycles. The molecular weight excluding hydrogens is 200 g/mol. The quantitative estimate of drug-likeness (QED) is 0.672. The first kappa shape index (κ1) is 12.4. The summed E-state index contributed by atoms with van der Waals surface area (Å²) in [5.41, 5.74) is 4.35. The number of thiocarbonyl (C=S) groups is 1. The van der Waals surface area contributed by atoms with Crippen molar-refractivity contribution in [2.45, 2.75) is 46.5 Å². The summed E-state index contributed by atoms with van der Waals surface area (Å²) in [4.78, 5) is 1.05. The van der Waals surface area contributed by atoms with E-state index < -0.39 is 0 Å². The molecule has 0 nitrogen and oxygen atoms in total. The van der Waals surface area contributed by atoms with Gasteiger partial charge in [-0.1, -0.05) is 51.2 Å². The summed E-state index contributed by atoms with van der Waals surface area (Å²) in [6.07, 6.45) is 0.917. The molecular formula is C14H20S. The second kappa shape index (κ2) is 4.44. The van der Waals surface area contributed by atoms with Gasteiger partial charge in [-0.05, 0) is 40.8 Å². The fourth-order valence-electron chi connectivity index (χ4n) is 1.96. The Morgan fingerprint density at radius 1 is 1.27 bits per heavy atom. The first-order valence-electron chi connectivity index (χ1n) is 5.40. The zero-order valence-corrected chi connectivity index (χ0v) is 11.2. The minimum Gasteiger partial charge on any atom is -0.0896 e. The standard InChI is InChI=1S/C14H20S/c1-10-8-12(9-11(2)15)6-7-13(10)14(3,4)5/h6-8H,9H2,1-5H3. The normalized spacial score (nSPS) is 11.5. The number of aryl methyl sites for hydroxylation is 1. The largest absolute Gasteiger partial charge is 0.0896 e. The summed E-state index contributed by atoms with van der Waals surface area (Å²) in [7, 11) is 0. The molecule has 0 radical (unpaired) electrons. The highest BCUT2D eigenvalue weighted by molar-refractivity contribution is 7.80. The molecule has 0 heterocycles. The predicted molar refractivity (Wildman–Crippen MR) is 71.9 cm³/mol. The number of rotatable bonds is 2. The maximum atomic E-state index is 5.13. The Balaban J connectivity index is 3.04. The van der Waals surface area contributed by atoms with Crippen LogP contribution in [0.2, 0.25) is 0 Å². The van der Waals surface area contributed by atoms with E-state index in [9.17, 15) is 0 Å². The van der Waals surface area contributed by atoms with Gasteiger partial charge in [-0.15, -0.1) is 0 Å². The maximum absolute atomic E-state index is 5.13. The molecule has 1 rings (SSSR count). The van der Waals surface area contributed by atoms with Gasteiger partial charge in [0.1, 0.15) is 0 Å². The van der Waals surface area contributed by atoms with Crippen LogP contribution >= 0.6 is 12.2 Å². The summed E-state index contributed by atoms with van der Waals surface area (Å²) in [5, 5.41) is 0. The molecule has 0 saturated heterocycles. The highest BCUT2D eigenvalue weighted by Gasteiger charge is 2.15. The zero-order chi connectivity index (χ0) is 11.6. The van der Waals surface area contributed by atoms with E-state index in [1.165, 1.54) is 16.7 Å². The van der Waals surface area contributed by atoms with E-state index in [2.05, 4.69) is 45.9 Å². The molecule has 15 heavy (non-hydrogen) atoms. The van der Waals surface area contributed by atoms with Crippen LogP contribution < -0.4 is 0 Å². The van der Waals surface area contributed by atoms with Crippen LogP contribution in [0, 0.1) is 6.92 Å². The second-order valence-electron chi connectivity index (χ2n) is 5.28. The molecule has 0 saturated carbocycles. The third-order valence-electron chi connectivity index (χ3n) is 2.55. The lowest BCUT2D eigenvalue weighted by Crippen LogP contribution is -2.13. The Kier molecular flexibility index (Phi) is 3.67. The van der Waals surface area contributed by atoms with Crippen molar-refractivity contribution >= 4 is 17.1 Å². The van der Waals surface area contributed by atoms with Crippen molar-refractivity contribution in [3.05, 3.63) is 34.9 Å². The molecule has 0 aliphatic rings. The van der Waals surface area contributed by atoms with Crippen molar-refractivity contribution in [2.24, 2.45) is 0 Å². The van der Waals surface area contributed by atoms with E-state index in [0.717, 1.165) is 11.3 Å². The van der Waals surface area contributed by atoms with Gasteiger partial charge in [0, 0.05) is 6.42 Å². The van der Waals surface area contributed by atoms with E-state index in [-0.39, 0.29) is 5.41 Å². The van der Waals surface area contributed by atoms with Crippen molar-refractivity contribution in [1.29, 1.82) is 0 Å². The summed E-state index contributed by atoms with van der Waals surface area (Å²) in [6, 6.07) is 6.70. The number of benzene rings is 1. The second-order valence-corrected chi connectivity index (χ2v) is 5.97. The fraction of sp³-hybridized carbons (Fsp3) is 0.500. The van der Waals surface area contributed by atoms with Crippen LogP contribution in [0.25, 0.3) is 0 Å². The molecule has 0 amide bonds. The molecule has 0 spiro atoms. The van der Waals surface area contributed by atoms with E-state index in [1.54, 1.807) is 0 Å². The van der Waals surface area contributed by atoms with Crippen molar-refractivity contribution < 1.29 is 0 Å². The molecule has 82 valence electrons. The van der Waals surface area contributed by atoms with Gasteiger partial charge in [-0.3, -0.25) is 0 Å². The molecule has 1 aromatic carbocycles. The molecule has 1 heteroatoms. The van der Waals surface area contributed by atoms with Gasteiger partial charge in [-0.2, -0.15) is 0 Å². The van der Waals surface area contributed by atoms with E-state index >= 15 is 0 Å². The van der Waals surface area contributed by atoms with Crippen LogP contribution in [0.15, 0.2) is 18.2 Å². The zero-order valence-electron chi connectivity index (χ0n) is 10.3. The van der Waals surface area contributed by atoms with Crippen LogP contribution in [0.3, 0.4) is 0 Å². The Morgan fingerprint density at radius 2 is 1.87 bits per heavy atom. The van der Waals surface area contributed by atoms with Crippen molar-refractivity contribution in [1.82, 2.24) is 0 Å². The SMILES string of the molecule is CC(=S)Cc1ccc(C(C)(C)C)c(C)c1. The smallest absolute Gasteiger partial charge is 0.00355 e. The maximum Gasteiger partial charge on any atom is 0.00355 e. The lowest BCUT2D eigenvalue weighted by molar-refractivity contribution is 0.586. The molecule has 0 unspecified atom stereocenters. The van der Waals surface area contributed by atoms with Crippen LogP contribution in [-0.4, -0.2) is 4.86 Å². The first-order chi connectivity index (χ1) is 6.80. The molecule has 0 fully saturated rings. The summed E-state index contributed by atoms with van der Waals surface area (Å²) >= 11 is 5.13. The minimum atomic E-state index is 0.231. The molecule has 0 bridgehead atoms. The van der Waals surface area contributed by atoms with Crippen molar-refractivity contribution in [2.75, 3.05) is 0 Å². The lowest BCUT2D eigenvalue weighted by Gasteiger charge is -2.22. The molecule has 0 aromatic heterocycles. The van der Waals surface area contributed by atoms with E-state index in [4.69, 9.17) is 12.2 Å². The Labute approximate surface area is 98.7 Å². The van der Waals surface area contributed by atoms with Crippen molar-refractivity contribution in [3.63, 3.8) is 0 Å². The molecule has 0 aliphatic carbocycles. The summed E-state index contributed by atoms with van der Waals surface area (Å²) in [6.45, 7) is 10.9. The molecule has 0 N–H and O–H groups in total.